The van der Waals surface area contributed by atoms with Crippen molar-refractivity contribution >= 4 is 11.9 Å². The van der Waals surface area contributed by atoms with Crippen molar-refractivity contribution < 1.29 is 41.7 Å². The third-order valence-electron chi connectivity index (χ3n) is 1.36. The van der Waals surface area contributed by atoms with Gasteiger partial charge in [0, 0.05) is 23.9 Å². The largest absolute Gasteiger partial charge is 0.478 e. The Labute approximate surface area is 104 Å². The number of carbonyl (C=O) groups is 2. The zero-order valence-electron chi connectivity index (χ0n) is 8.80. The van der Waals surface area contributed by atoms with E-state index in [1.165, 1.54) is 18.2 Å². The van der Waals surface area contributed by atoms with Gasteiger partial charge in [0.2, 0.25) is 0 Å². The Kier molecular flexibility index (Phi) is 12.8. The fourth-order valence-corrected chi connectivity index (χ4v) is 0.785. The minimum atomic E-state index is -1.13. The third kappa shape index (κ3) is 6.17. The summed E-state index contributed by atoms with van der Waals surface area (Å²) in [5, 5.41) is 24.0. The maximum absolute atomic E-state index is 10.4. The van der Waals surface area contributed by atoms with Crippen LogP contribution in [0.25, 0.3) is 0 Å². The molecule has 1 aromatic rings. The summed E-state index contributed by atoms with van der Waals surface area (Å²) in [6, 6.07) is 5.20. The number of hydrogen-bond acceptors (Lipinski definition) is 3. The van der Waals surface area contributed by atoms with Crippen molar-refractivity contribution in [2.24, 2.45) is 0 Å². The summed E-state index contributed by atoms with van der Waals surface area (Å²) in [5.41, 5.74) is -0.0372. The van der Waals surface area contributed by atoms with Gasteiger partial charge >= 0.3 is 11.9 Å². The van der Waals surface area contributed by atoms with Crippen molar-refractivity contribution in [2.75, 3.05) is 7.11 Å². The molecule has 0 amide bonds. The van der Waals surface area contributed by atoms with E-state index in [0.29, 0.717) is 0 Å². The van der Waals surface area contributed by atoms with E-state index in [9.17, 15) is 9.59 Å². The number of carboxylic acids is 2. The van der Waals surface area contributed by atoms with E-state index < -0.39 is 11.9 Å². The van der Waals surface area contributed by atoms with Crippen LogP contribution in [0.2, 0.25) is 0 Å². The molecule has 6 heteroatoms. The van der Waals surface area contributed by atoms with E-state index in [0.717, 1.165) is 13.2 Å². The van der Waals surface area contributed by atoms with Crippen LogP contribution in [-0.4, -0.2) is 34.4 Å². The molecule has 0 unspecified atom stereocenters. The van der Waals surface area contributed by atoms with Crippen LogP contribution in [-0.2, 0) is 16.8 Å². The number of aliphatic hydroxyl groups is 1. The van der Waals surface area contributed by atoms with Crippen LogP contribution in [0, 0.1) is 7.43 Å². The standard InChI is InChI=1S/C8H6O4.CH4O.CH3.Co/c9-7(10)5-2-1-3-6(4-5)8(11)12;1-2;;/h1-4H,(H,9,10)(H,11,12);2H,1H3;1H3;/q;;-1;. The molecule has 0 fully saturated rings. The van der Waals surface area contributed by atoms with Gasteiger partial charge in [0.15, 0.2) is 0 Å². The molecule has 0 aliphatic heterocycles. The Balaban J connectivity index is -0.000000399. The molecule has 5 nitrogen and oxygen atoms in total. The topological polar surface area (TPSA) is 94.8 Å². The molecule has 16 heavy (non-hydrogen) atoms. The van der Waals surface area contributed by atoms with Crippen LogP contribution >= 0.6 is 0 Å². The van der Waals surface area contributed by atoms with Crippen molar-refractivity contribution in [1.82, 2.24) is 0 Å². The van der Waals surface area contributed by atoms with Crippen molar-refractivity contribution in [3.63, 3.8) is 0 Å². The smallest absolute Gasteiger partial charge is 0.335 e. The fraction of sp³-hybridized carbons (Fsp3) is 0.100. The van der Waals surface area contributed by atoms with Gasteiger partial charge in [0.1, 0.15) is 0 Å². The summed E-state index contributed by atoms with van der Waals surface area (Å²) in [4.78, 5) is 20.8. The summed E-state index contributed by atoms with van der Waals surface area (Å²) < 4.78 is 0. The molecule has 1 aromatic carbocycles. The Morgan fingerprint density at radius 1 is 1.00 bits per heavy atom. The second-order valence-electron chi connectivity index (χ2n) is 2.19. The molecule has 0 aromatic heterocycles. The molecule has 0 atom stereocenters. The van der Waals surface area contributed by atoms with Gasteiger partial charge in [-0.3, -0.25) is 0 Å². The van der Waals surface area contributed by atoms with E-state index >= 15 is 0 Å². The van der Waals surface area contributed by atoms with E-state index in [1.54, 1.807) is 0 Å². The molecular weight excluding hydrogens is 259 g/mol. The molecule has 93 valence electrons. The van der Waals surface area contributed by atoms with Crippen LogP contribution in [0.4, 0.5) is 0 Å². The quantitative estimate of drug-likeness (QED) is 0.702. The van der Waals surface area contributed by atoms with Crippen molar-refractivity contribution in [3.8, 4) is 0 Å². The molecule has 1 rings (SSSR count). The van der Waals surface area contributed by atoms with Gasteiger partial charge in [-0.15, -0.1) is 0 Å². The van der Waals surface area contributed by atoms with Gasteiger partial charge in [-0.1, -0.05) is 6.07 Å². The molecule has 0 saturated carbocycles. The maximum atomic E-state index is 10.4. The van der Waals surface area contributed by atoms with Crippen LogP contribution in [0.15, 0.2) is 24.3 Å². The van der Waals surface area contributed by atoms with Crippen molar-refractivity contribution in [2.45, 2.75) is 0 Å². The minimum Gasteiger partial charge on any atom is -0.478 e. The SMILES string of the molecule is CO.O=C(O)c1cccc(C(=O)O)c1.[CH3-].[Co]. The summed E-state index contributed by atoms with van der Waals surface area (Å²) in [6.45, 7) is 0. The van der Waals surface area contributed by atoms with E-state index in [4.69, 9.17) is 15.3 Å². The van der Waals surface area contributed by atoms with Crippen LogP contribution in [0.3, 0.4) is 0 Å². The predicted octanol–water partition coefficient (Wildman–Crippen LogP) is 1.14. The number of aliphatic hydroxyl groups excluding tert-OH is 1. The van der Waals surface area contributed by atoms with Crippen molar-refractivity contribution in [3.05, 3.63) is 42.8 Å². The number of aromatic carboxylic acids is 2. The summed E-state index contributed by atoms with van der Waals surface area (Å²) in [5.74, 6) is -2.25. The van der Waals surface area contributed by atoms with Gasteiger partial charge in [0.25, 0.3) is 0 Å². The second kappa shape index (κ2) is 10.2. The Morgan fingerprint density at radius 3 is 1.56 bits per heavy atom. The average molecular weight is 272 g/mol. The van der Waals surface area contributed by atoms with Crippen LogP contribution in [0.5, 0.6) is 0 Å². The Bertz CT molecular complexity index is 308. The van der Waals surface area contributed by atoms with E-state index in [1.807, 2.05) is 0 Å². The first-order valence-corrected chi connectivity index (χ1v) is 3.62. The molecule has 3 N–H and O–H groups in total. The number of carboxylic acid groups (broad SMARTS) is 2. The first-order chi connectivity index (χ1) is 6.61. The monoisotopic (exact) mass is 272 g/mol. The molecule has 0 aliphatic carbocycles. The van der Waals surface area contributed by atoms with Gasteiger partial charge < -0.3 is 22.7 Å². The normalized spacial score (nSPS) is 7.38. The van der Waals surface area contributed by atoms with Gasteiger partial charge in [0.05, 0.1) is 11.1 Å². The first-order valence-electron chi connectivity index (χ1n) is 3.62. The molecule has 0 saturated heterocycles. The average Bonchev–Trinajstić information content (AvgIpc) is 2.21. The van der Waals surface area contributed by atoms with E-state index in [2.05, 4.69) is 0 Å². The van der Waals surface area contributed by atoms with Gasteiger partial charge in [-0.25, -0.2) is 9.59 Å². The number of benzene rings is 1. The predicted molar refractivity (Wildman–Crippen MR) is 54.9 cm³/mol. The zero-order valence-corrected chi connectivity index (χ0v) is 9.84. The van der Waals surface area contributed by atoms with Crippen molar-refractivity contribution in [1.29, 1.82) is 0 Å². The van der Waals surface area contributed by atoms with Gasteiger partial charge in [-0.05, 0) is 18.2 Å². The van der Waals surface area contributed by atoms with Crippen LogP contribution < -0.4 is 0 Å². The summed E-state index contributed by atoms with van der Waals surface area (Å²) >= 11 is 0. The maximum Gasteiger partial charge on any atom is 0.335 e. The van der Waals surface area contributed by atoms with E-state index in [-0.39, 0.29) is 35.3 Å². The number of rotatable bonds is 2. The summed E-state index contributed by atoms with van der Waals surface area (Å²) in [7, 11) is 1.00. The number of hydrogen-bond donors (Lipinski definition) is 3. The first kappa shape index (κ1) is 20.1. The van der Waals surface area contributed by atoms with Gasteiger partial charge in [-0.2, -0.15) is 0 Å². The van der Waals surface area contributed by atoms with Crippen LogP contribution in [0.1, 0.15) is 20.7 Å². The Hall–Kier alpha value is -1.37. The fourth-order valence-electron chi connectivity index (χ4n) is 0.785. The molecule has 1 radical (unpaired) electrons. The minimum absolute atomic E-state index is 0. The molecular formula is C10H13CoO5-. The molecule has 0 spiro atoms. The third-order valence-corrected chi connectivity index (χ3v) is 1.36. The molecule has 0 aliphatic rings. The summed E-state index contributed by atoms with van der Waals surface area (Å²) in [6.07, 6.45) is 0. The Morgan fingerprint density at radius 2 is 1.31 bits per heavy atom. The zero-order chi connectivity index (χ0) is 11.1. The molecule has 0 bridgehead atoms. The molecule has 0 heterocycles. The second-order valence-corrected chi connectivity index (χ2v) is 2.19.